The van der Waals surface area contributed by atoms with E-state index in [0.29, 0.717) is 34.1 Å². The van der Waals surface area contributed by atoms with Crippen LogP contribution >= 0.6 is 0 Å². The van der Waals surface area contributed by atoms with Crippen LogP contribution in [0.1, 0.15) is 66.9 Å². The van der Waals surface area contributed by atoms with Crippen LogP contribution in [0.5, 0.6) is 0 Å². The van der Waals surface area contributed by atoms with Gasteiger partial charge < -0.3 is 15.7 Å². The van der Waals surface area contributed by atoms with Crippen LogP contribution in [0.2, 0.25) is 0 Å². The van der Waals surface area contributed by atoms with E-state index < -0.39 is 17.7 Å². The number of nitriles is 1. The highest BCUT2D eigenvalue weighted by Gasteiger charge is 2.28. The van der Waals surface area contributed by atoms with E-state index in [0.717, 1.165) is 31.2 Å². The van der Waals surface area contributed by atoms with E-state index in [1.807, 2.05) is 30.5 Å². The monoisotopic (exact) mass is 541 g/mol. The Kier molecular flexibility index (Phi) is 7.76. The van der Waals surface area contributed by atoms with Crippen molar-refractivity contribution in [2.45, 2.75) is 63.3 Å². The van der Waals surface area contributed by atoms with Gasteiger partial charge in [0.2, 0.25) is 0 Å². The van der Waals surface area contributed by atoms with Crippen LogP contribution in [0.4, 0.5) is 10.1 Å². The number of halogens is 1. The summed E-state index contributed by atoms with van der Waals surface area (Å²) in [5.74, 6) is -0.0309. The SMILES string of the molecule is CC(C)(O)[C@H](F)CNC(=O)c1cnc(-c2ccc3cc(C#N)cnn23)cc1NC1CCC(c2cccnc2)CC1. The van der Waals surface area contributed by atoms with Gasteiger partial charge in [-0.1, -0.05) is 6.07 Å². The Labute approximate surface area is 232 Å². The smallest absolute Gasteiger partial charge is 0.255 e. The van der Waals surface area contributed by atoms with Crippen LogP contribution in [0, 0.1) is 11.3 Å². The van der Waals surface area contributed by atoms with Crippen molar-refractivity contribution in [1.29, 1.82) is 5.26 Å². The van der Waals surface area contributed by atoms with Gasteiger partial charge in [-0.2, -0.15) is 10.4 Å². The number of aliphatic hydroxyl groups is 1. The van der Waals surface area contributed by atoms with Gasteiger partial charge in [0.1, 0.15) is 12.2 Å². The van der Waals surface area contributed by atoms with Crippen molar-refractivity contribution < 1.29 is 14.3 Å². The van der Waals surface area contributed by atoms with Gasteiger partial charge in [0.25, 0.3) is 5.91 Å². The number of anilines is 1. The van der Waals surface area contributed by atoms with Crippen molar-refractivity contribution >= 4 is 17.1 Å². The Bertz CT molecular complexity index is 1530. The number of carbonyl (C=O) groups excluding carboxylic acids is 1. The van der Waals surface area contributed by atoms with E-state index in [9.17, 15) is 19.6 Å². The van der Waals surface area contributed by atoms with Gasteiger partial charge in [0.05, 0.1) is 52.1 Å². The number of hydrogen-bond acceptors (Lipinski definition) is 7. The number of nitrogens with one attached hydrogen (secondary N) is 2. The summed E-state index contributed by atoms with van der Waals surface area (Å²) < 4.78 is 16.1. The summed E-state index contributed by atoms with van der Waals surface area (Å²) in [6.45, 7) is 2.41. The summed E-state index contributed by atoms with van der Waals surface area (Å²) >= 11 is 0. The average Bonchev–Trinajstić information content (AvgIpc) is 3.39. The van der Waals surface area contributed by atoms with Gasteiger partial charge in [-0.15, -0.1) is 0 Å². The van der Waals surface area contributed by atoms with Gasteiger partial charge in [0.15, 0.2) is 0 Å². The Hall–Kier alpha value is -4.36. The molecule has 1 amide bonds. The third-order valence-electron chi connectivity index (χ3n) is 7.49. The molecule has 10 heteroatoms. The molecule has 1 atom stereocenters. The number of alkyl halides is 1. The molecule has 206 valence electrons. The van der Waals surface area contributed by atoms with Crippen LogP contribution in [-0.4, -0.2) is 55.0 Å². The van der Waals surface area contributed by atoms with E-state index in [-0.39, 0.29) is 12.6 Å². The molecule has 0 saturated heterocycles. The van der Waals surface area contributed by atoms with Crippen LogP contribution in [0.15, 0.2) is 61.2 Å². The topological polar surface area (TPSA) is 128 Å². The van der Waals surface area contributed by atoms with Crippen LogP contribution in [0.25, 0.3) is 16.9 Å². The third-order valence-corrected chi connectivity index (χ3v) is 7.49. The number of nitrogens with zero attached hydrogens (tertiary/aromatic N) is 5. The predicted octanol–water partition coefficient (Wildman–Crippen LogP) is 4.64. The molecule has 0 spiro atoms. The molecule has 40 heavy (non-hydrogen) atoms. The molecule has 4 aromatic rings. The molecule has 4 heterocycles. The average molecular weight is 542 g/mol. The number of rotatable bonds is 8. The molecule has 1 aliphatic carbocycles. The first-order valence-electron chi connectivity index (χ1n) is 13.4. The summed E-state index contributed by atoms with van der Waals surface area (Å²) in [4.78, 5) is 22.0. The normalized spacial score (nSPS) is 18.2. The van der Waals surface area contributed by atoms with Crippen molar-refractivity contribution in [1.82, 2.24) is 24.9 Å². The molecule has 4 aromatic heterocycles. The fourth-order valence-electron chi connectivity index (χ4n) is 5.09. The first-order chi connectivity index (χ1) is 19.2. The minimum absolute atomic E-state index is 0.139. The molecule has 1 fully saturated rings. The first-order valence-corrected chi connectivity index (χ1v) is 13.4. The molecule has 0 aliphatic heterocycles. The van der Waals surface area contributed by atoms with Crippen molar-refractivity contribution in [3.8, 4) is 17.5 Å². The lowest BCUT2D eigenvalue weighted by atomic mass is 9.82. The van der Waals surface area contributed by atoms with E-state index in [1.54, 1.807) is 16.8 Å². The Balaban J connectivity index is 1.40. The molecule has 9 nitrogen and oxygen atoms in total. The molecule has 1 aliphatic rings. The number of aromatic nitrogens is 4. The predicted molar refractivity (Wildman–Crippen MR) is 150 cm³/mol. The highest BCUT2D eigenvalue weighted by atomic mass is 19.1. The minimum atomic E-state index is -1.63. The molecule has 1 saturated carbocycles. The molecule has 0 unspecified atom stereocenters. The van der Waals surface area contributed by atoms with Gasteiger partial charge in [0, 0.05) is 24.6 Å². The van der Waals surface area contributed by atoms with Crippen LogP contribution in [0.3, 0.4) is 0 Å². The second kappa shape index (κ2) is 11.4. The summed E-state index contributed by atoms with van der Waals surface area (Å²) in [5.41, 5.74) is 3.07. The highest BCUT2D eigenvalue weighted by Crippen LogP contribution is 2.35. The molecule has 0 radical (unpaired) electrons. The summed E-state index contributed by atoms with van der Waals surface area (Å²) in [7, 11) is 0. The fourth-order valence-corrected chi connectivity index (χ4v) is 5.09. The van der Waals surface area contributed by atoms with Crippen molar-refractivity contribution in [2.75, 3.05) is 11.9 Å². The van der Waals surface area contributed by atoms with Crippen molar-refractivity contribution in [2.24, 2.45) is 0 Å². The summed E-state index contributed by atoms with van der Waals surface area (Å²) in [5, 5.41) is 29.7. The Morgan fingerprint density at radius 3 is 2.70 bits per heavy atom. The van der Waals surface area contributed by atoms with Crippen LogP contribution in [-0.2, 0) is 0 Å². The largest absolute Gasteiger partial charge is 0.387 e. The molecular weight excluding hydrogens is 509 g/mol. The second-order valence-electron chi connectivity index (χ2n) is 10.8. The van der Waals surface area contributed by atoms with Gasteiger partial charge >= 0.3 is 0 Å². The summed E-state index contributed by atoms with van der Waals surface area (Å²) in [6.07, 6.45) is 8.87. The number of amides is 1. The maximum Gasteiger partial charge on any atom is 0.255 e. The molecule has 0 aromatic carbocycles. The first kappa shape index (κ1) is 27.2. The molecular formula is C30H32FN7O2. The zero-order chi connectivity index (χ0) is 28.3. The second-order valence-corrected chi connectivity index (χ2v) is 10.8. The maximum atomic E-state index is 14.4. The number of pyridine rings is 2. The quantitative estimate of drug-likeness (QED) is 0.296. The highest BCUT2D eigenvalue weighted by molar-refractivity contribution is 6.00. The van der Waals surface area contributed by atoms with Crippen molar-refractivity contribution in [3.05, 3.63) is 77.9 Å². The lowest BCUT2D eigenvalue weighted by Crippen LogP contribution is -2.42. The van der Waals surface area contributed by atoms with E-state index >= 15 is 0 Å². The van der Waals surface area contributed by atoms with Gasteiger partial charge in [-0.25, -0.2) is 8.91 Å². The summed E-state index contributed by atoms with van der Waals surface area (Å²) in [6, 6.07) is 13.6. The number of fused-ring (bicyclic) bond motifs is 1. The maximum absolute atomic E-state index is 14.4. The lowest BCUT2D eigenvalue weighted by Gasteiger charge is -2.30. The zero-order valence-corrected chi connectivity index (χ0v) is 22.5. The number of carbonyl (C=O) groups is 1. The molecule has 5 rings (SSSR count). The lowest BCUT2D eigenvalue weighted by molar-refractivity contribution is -0.00177. The van der Waals surface area contributed by atoms with Crippen LogP contribution < -0.4 is 10.6 Å². The van der Waals surface area contributed by atoms with Crippen molar-refractivity contribution in [3.63, 3.8) is 0 Å². The number of hydrogen-bond donors (Lipinski definition) is 3. The third kappa shape index (κ3) is 5.95. The van der Waals surface area contributed by atoms with E-state index in [2.05, 4.69) is 37.8 Å². The minimum Gasteiger partial charge on any atom is -0.387 e. The molecule has 3 N–H and O–H groups in total. The van der Waals surface area contributed by atoms with E-state index in [1.165, 1.54) is 31.8 Å². The van der Waals surface area contributed by atoms with Gasteiger partial charge in [-0.3, -0.25) is 14.8 Å². The van der Waals surface area contributed by atoms with E-state index in [4.69, 9.17) is 0 Å². The zero-order valence-electron chi connectivity index (χ0n) is 22.5. The molecule has 0 bridgehead atoms. The Morgan fingerprint density at radius 2 is 2.00 bits per heavy atom. The standard InChI is InChI=1S/C30H32FN7O2/c1-30(2,40)28(31)18-35-29(39)24-17-34-26(27-10-9-23-12-19(14-32)15-36-38(23)27)13-25(24)37-22-7-5-20(6-8-22)21-4-3-11-33-16-21/h3-4,9-13,15-17,20,22,28,40H,5-8,18H2,1-2H3,(H,34,37)(H,35,39)/t20?,22?,28-/m1/s1. The fraction of sp³-hybridized carbons (Fsp3) is 0.367. The van der Waals surface area contributed by atoms with Gasteiger partial charge in [-0.05, 0) is 81.3 Å². The Morgan fingerprint density at radius 1 is 1.20 bits per heavy atom.